The summed E-state index contributed by atoms with van der Waals surface area (Å²) in [7, 11) is 3.17. The van der Waals surface area contributed by atoms with E-state index >= 15 is 0 Å². The average molecular weight is 435 g/mol. The summed E-state index contributed by atoms with van der Waals surface area (Å²) in [5.74, 6) is 1.20. The zero-order valence-electron chi connectivity index (χ0n) is 19.2. The molecule has 0 aliphatic carbocycles. The Morgan fingerprint density at radius 2 is 1.69 bits per heavy atom. The SMILES string of the molecule is COc1ccc(C(=O)N2CCN(Cc3c(C)nn(-c4ccccc4)c3C)CC2)c(OC)c1. The fourth-order valence-corrected chi connectivity index (χ4v) is 4.20. The third-order valence-electron chi connectivity index (χ3n) is 6.12. The number of carbonyl (C=O) groups excluding carboxylic acids is 1. The molecule has 0 saturated carbocycles. The number of methoxy groups -OCH3 is 2. The Morgan fingerprint density at radius 3 is 2.34 bits per heavy atom. The lowest BCUT2D eigenvalue weighted by Gasteiger charge is -2.35. The topological polar surface area (TPSA) is 59.8 Å². The highest BCUT2D eigenvalue weighted by Gasteiger charge is 2.26. The molecule has 32 heavy (non-hydrogen) atoms. The van der Waals surface area contributed by atoms with Crippen molar-refractivity contribution in [2.45, 2.75) is 20.4 Å². The van der Waals surface area contributed by atoms with Crippen molar-refractivity contribution in [1.82, 2.24) is 19.6 Å². The van der Waals surface area contributed by atoms with E-state index in [9.17, 15) is 4.79 Å². The normalized spacial score (nSPS) is 14.4. The van der Waals surface area contributed by atoms with Crippen molar-refractivity contribution in [2.24, 2.45) is 0 Å². The van der Waals surface area contributed by atoms with E-state index in [2.05, 4.69) is 30.9 Å². The Labute approximate surface area is 189 Å². The number of para-hydroxylation sites is 1. The molecule has 1 aliphatic rings. The summed E-state index contributed by atoms with van der Waals surface area (Å²) in [6, 6.07) is 15.5. The van der Waals surface area contributed by atoms with Gasteiger partial charge in [-0.05, 0) is 38.1 Å². The van der Waals surface area contributed by atoms with Crippen LogP contribution in [0.25, 0.3) is 5.69 Å². The lowest BCUT2D eigenvalue weighted by molar-refractivity contribution is 0.0624. The third-order valence-corrected chi connectivity index (χ3v) is 6.12. The minimum atomic E-state index is -0.00610. The zero-order valence-corrected chi connectivity index (χ0v) is 19.2. The molecule has 0 spiro atoms. The quantitative estimate of drug-likeness (QED) is 0.595. The highest BCUT2D eigenvalue weighted by atomic mass is 16.5. The number of aromatic nitrogens is 2. The molecule has 1 saturated heterocycles. The fraction of sp³-hybridized carbons (Fsp3) is 0.360. The molecule has 1 aromatic heterocycles. The molecule has 0 atom stereocenters. The highest BCUT2D eigenvalue weighted by Crippen LogP contribution is 2.26. The Balaban J connectivity index is 1.42. The van der Waals surface area contributed by atoms with Crippen LogP contribution in [-0.4, -0.2) is 65.9 Å². The average Bonchev–Trinajstić information content (AvgIpc) is 3.12. The molecule has 1 aliphatic heterocycles. The molecule has 0 radical (unpaired) electrons. The van der Waals surface area contributed by atoms with Gasteiger partial charge in [0.15, 0.2) is 0 Å². The van der Waals surface area contributed by atoms with Gasteiger partial charge in [0, 0.05) is 50.0 Å². The number of benzene rings is 2. The third kappa shape index (κ3) is 4.34. The zero-order chi connectivity index (χ0) is 22.7. The summed E-state index contributed by atoms with van der Waals surface area (Å²) in [5.41, 5.74) is 5.11. The molecule has 1 amide bonds. The minimum absolute atomic E-state index is 0.00610. The molecule has 2 aromatic carbocycles. The van der Waals surface area contributed by atoms with Crippen LogP contribution in [0, 0.1) is 13.8 Å². The number of hydrogen-bond donors (Lipinski definition) is 0. The molecule has 2 heterocycles. The van der Waals surface area contributed by atoms with Gasteiger partial charge in [-0.25, -0.2) is 4.68 Å². The Hall–Kier alpha value is -3.32. The standard InChI is InChI=1S/C25H30N4O3/c1-18-23(19(2)29(26-18)20-8-6-5-7-9-20)17-27-12-14-28(15-13-27)25(30)22-11-10-21(31-3)16-24(22)32-4/h5-11,16H,12-15,17H2,1-4H3. The first-order valence-corrected chi connectivity index (χ1v) is 10.9. The van der Waals surface area contributed by atoms with Crippen LogP contribution in [0.3, 0.4) is 0 Å². The van der Waals surface area contributed by atoms with Crippen LogP contribution in [0.5, 0.6) is 11.5 Å². The first kappa shape index (κ1) is 21.9. The van der Waals surface area contributed by atoms with Gasteiger partial charge in [0.1, 0.15) is 11.5 Å². The van der Waals surface area contributed by atoms with Crippen LogP contribution in [0.2, 0.25) is 0 Å². The summed E-state index contributed by atoms with van der Waals surface area (Å²) in [5, 5.41) is 4.76. The van der Waals surface area contributed by atoms with Gasteiger partial charge < -0.3 is 14.4 Å². The maximum atomic E-state index is 13.1. The maximum absolute atomic E-state index is 13.1. The molecule has 7 nitrogen and oxygen atoms in total. The Kier molecular flexibility index (Phi) is 6.46. The number of aryl methyl sites for hydroxylation is 1. The van der Waals surface area contributed by atoms with Crippen LogP contribution in [0.15, 0.2) is 48.5 Å². The number of hydrogen-bond acceptors (Lipinski definition) is 5. The monoisotopic (exact) mass is 434 g/mol. The molecular weight excluding hydrogens is 404 g/mol. The maximum Gasteiger partial charge on any atom is 0.257 e. The molecule has 1 fully saturated rings. The van der Waals surface area contributed by atoms with E-state index in [1.54, 1.807) is 32.4 Å². The van der Waals surface area contributed by atoms with E-state index in [0.29, 0.717) is 30.2 Å². The number of piperazine rings is 1. The van der Waals surface area contributed by atoms with Gasteiger partial charge in [-0.1, -0.05) is 18.2 Å². The number of nitrogens with zero attached hydrogens (tertiary/aromatic N) is 4. The van der Waals surface area contributed by atoms with E-state index in [1.807, 2.05) is 27.8 Å². The second kappa shape index (κ2) is 9.44. The second-order valence-corrected chi connectivity index (χ2v) is 8.03. The van der Waals surface area contributed by atoms with Crippen LogP contribution in [0.1, 0.15) is 27.3 Å². The molecule has 0 N–H and O–H groups in total. The van der Waals surface area contributed by atoms with Gasteiger partial charge >= 0.3 is 0 Å². The van der Waals surface area contributed by atoms with Crippen molar-refractivity contribution in [3.63, 3.8) is 0 Å². The van der Waals surface area contributed by atoms with E-state index < -0.39 is 0 Å². The van der Waals surface area contributed by atoms with E-state index in [4.69, 9.17) is 14.6 Å². The van der Waals surface area contributed by atoms with Gasteiger partial charge in [-0.3, -0.25) is 9.69 Å². The van der Waals surface area contributed by atoms with Crippen molar-refractivity contribution in [2.75, 3.05) is 40.4 Å². The van der Waals surface area contributed by atoms with Crippen LogP contribution in [-0.2, 0) is 6.54 Å². The van der Waals surface area contributed by atoms with Gasteiger partial charge in [-0.15, -0.1) is 0 Å². The van der Waals surface area contributed by atoms with Crippen molar-refractivity contribution in [3.05, 3.63) is 71.0 Å². The van der Waals surface area contributed by atoms with Crippen LogP contribution in [0.4, 0.5) is 0 Å². The summed E-state index contributed by atoms with van der Waals surface area (Å²) in [6.45, 7) is 8.02. The van der Waals surface area contributed by atoms with Crippen molar-refractivity contribution < 1.29 is 14.3 Å². The molecule has 168 valence electrons. The largest absolute Gasteiger partial charge is 0.497 e. The second-order valence-electron chi connectivity index (χ2n) is 8.03. The smallest absolute Gasteiger partial charge is 0.257 e. The van der Waals surface area contributed by atoms with Gasteiger partial charge in [0.2, 0.25) is 0 Å². The number of rotatable bonds is 6. The number of carbonyl (C=O) groups is 1. The van der Waals surface area contributed by atoms with E-state index in [0.717, 1.165) is 36.7 Å². The first-order valence-electron chi connectivity index (χ1n) is 10.9. The first-order chi connectivity index (χ1) is 15.5. The molecule has 3 aromatic rings. The van der Waals surface area contributed by atoms with Crippen molar-refractivity contribution >= 4 is 5.91 Å². The molecule has 0 bridgehead atoms. The molecule has 0 unspecified atom stereocenters. The lowest BCUT2D eigenvalue weighted by atomic mass is 10.1. The predicted octanol–water partition coefficient (Wildman–Crippen LogP) is 3.46. The lowest BCUT2D eigenvalue weighted by Crippen LogP contribution is -2.48. The highest BCUT2D eigenvalue weighted by molar-refractivity contribution is 5.97. The van der Waals surface area contributed by atoms with Crippen LogP contribution >= 0.6 is 0 Å². The van der Waals surface area contributed by atoms with E-state index in [1.165, 1.54) is 5.56 Å². The summed E-state index contributed by atoms with van der Waals surface area (Å²) < 4.78 is 12.7. The molecular formula is C25H30N4O3. The number of amides is 1. The predicted molar refractivity (Wildman–Crippen MR) is 124 cm³/mol. The summed E-state index contributed by atoms with van der Waals surface area (Å²) in [4.78, 5) is 17.4. The van der Waals surface area contributed by atoms with Crippen molar-refractivity contribution in [3.8, 4) is 17.2 Å². The Bertz CT molecular complexity index is 1090. The Morgan fingerprint density at radius 1 is 0.969 bits per heavy atom. The number of ether oxygens (including phenoxy) is 2. The molecule has 7 heteroatoms. The van der Waals surface area contributed by atoms with Crippen molar-refractivity contribution in [1.29, 1.82) is 0 Å². The summed E-state index contributed by atoms with van der Waals surface area (Å²) >= 11 is 0. The van der Waals surface area contributed by atoms with Crippen LogP contribution < -0.4 is 9.47 Å². The van der Waals surface area contributed by atoms with Gasteiger partial charge in [0.05, 0.1) is 31.2 Å². The van der Waals surface area contributed by atoms with Gasteiger partial charge in [-0.2, -0.15) is 5.10 Å². The molecule has 4 rings (SSSR count). The van der Waals surface area contributed by atoms with Gasteiger partial charge in [0.25, 0.3) is 5.91 Å². The summed E-state index contributed by atoms with van der Waals surface area (Å²) in [6.07, 6.45) is 0. The fourth-order valence-electron chi connectivity index (χ4n) is 4.20. The minimum Gasteiger partial charge on any atom is -0.497 e. The van der Waals surface area contributed by atoms with E-state index in [-0.39, 0.29) is 5.91 Å².